The highest BCUT2D eigenvalue weighted by Gasteiger charge is 2.47. The highest BCUT2D eigenvalue weighted by molar-refractivity contribution is 7.99. The van der Waals surface area contributed by atoms with Gasteiger partial charge in [0.25, 0.3) is 6.17 Å². The van der Waals surface area contributed by atoms with E-state index < -0.39 is 6.17 Å². The van der Waals surface area contributed by atoms with E-state index >= 15 is 0 Å². The molecule has 1 amide bonds. The van der Waals surface area contributed by atoms with Crippen LogP contribution < -0.4 is 19.9 Å². The van der Waals surface area contributed by atoms with E-state index in [1.54, 1.807) is 9.58 Å². The van der Waals surface area contributed by atoms with Crippen LogP contribution in [0.2, 0.25) is 0 Å². The molecule has 0 unspecified atom stereocenters. The van der Waals surface area contributed by atoms with E-state index in [0.717, 1.165) is 22.1 Å². The van der Waals surface area contributed by atoms with Crippen molar-refractivity contribution in [3.05, 3.63) is 76.6 Å². The average molecular weight is 488 g/mol. The fourth-order valence-electron chi connectivity index (χ4n) is 4.70. The largest absolute Gasteiger partial charge is 0.493 e. The van der Waals surface area contributed by atoms with Crippen LogP contribution in [-0.2, 0) is 4.79 Å². The predicted molar refractivity (Wildman–Crippen MR) is 138 cm³/mol. The molecule has 0 spiro atoms. The first-order chi connectivity index (χ1) is 17.1. The third-order valence-electron chi connectivity index (χ3n) is 6.10. The van der Waals surface area contributed by atoms with Gasteiger partial charge >= 0.3 is 11.3 Å². The molecule has 5 rings (SSSR count). The average Bonchev–Trinajstić information content (AvgIpc) is 2.87. The lowest BCUT2D eigenvalue weighted by Crippen LogP contribution is -2.61. The summed E-state index contributed by atoms with van der Waals surface area (Å²) in [4.78, 5) is 31.7. The highest BCUT2D eigenvalue weighted by atomic mass is 32.2. The maximum Gasteiger partial charge on any atom is 0.325 e. The molecule has 7 nitrogen and oxygen atoms in total. The molecule has 0 saturated heterocycles. The van der Waals surface area contributed by atoms with E-state index in [2.05, 4.69) is 4.98 Å². The second-order valence-electron chi connectivity index (χ2n) is 8.13. The van der Waals surface area contributed by atoms with Gasteiger partial charge in [-0.05, 0) is 46.3 Å². The summed E-state index contributed by atoms with van der Waals surface area (Å²) in [6, 6.07) is 19.5. The standard InChI is InChI=1S/C27H26N4O3S/c1-4-22(32)30-20-14-10-9-13-19(20)24-25(33)28-27(35-6-3)29-31(24)26(30)23-18-12-8-7-11-17(18)15-16-21(23)34-5-2/h7-16,26H,4-6H2,1-3H3/p+1/t26-/m1/s1. The van der Waals surface area contributed by atoms with Crippen LogP contribution in [0.1, 0.15) is 38.9 Å². The topological polar surface area (TPSA) is 79.2 Å². The Kier molecular flexibility index (Phi) is 6.30. The number of nitrogens with one attached hydrogen (secondary N) is 1. The van der Waals surface area contributed by atoms with Gasteiger partial charge in [-0.25, -0.2) is 4.90 Å². The molecule has 2 heterocycles. The molecule has 35 heavy (non-hydrogen) atoms. The summed E-state index contributed by atoms with van der Waals surface area (Å²) in [5, 5.41) is 7.34. The Labute approximate surface area is 207 Å². The second-order valence-corrected chi connectivity index (χ2v) is 9.38. The molecule has 1 N–H and O–H groups in total. The van der Waals surface area contributed by atoms with E-state index in [0.29, 0.717) is 40.9 Å². The van der Waals surface area contributed by atoms with Gasteiger partial charge in [-0.2, -0.15) is 0 Å². The van der Waals surface area contributed by atoms with E-state index in [4.69, 9.17) is 9.84 Å². The zero-order valence-electron chi connectivity index (χ0n) is 19.9. The monoisotopic (exact) mass is 487 g/mol. The van der Waals surface area contributed by atoms with Gasteiger partial charge in [-0.1, -0.05) is 68.1 Å². The number of para-hydroxylation sites is 1. The molecule has 1 aliphatic rings. The van der Waals surface area contributed by atoms with Gasteiger partial charge in [0.2, 0.25) is 11.1 Å². The molecule has 3 aromatic carbocycles. The van der Waals surface area contributed by atoms with Crippen molar-refractivity contribution >= 4 is 34.1 Å². The highest BCUT2D eigenvalue weighted by Crippen LogP contribution is 2.42. The first-order valence-electron chi connectivity index (χ1n) is 11.8. The minimum absolute atomic E-state index is 0.0669. The number of carbonyl (C=O) groups excluding carboxylic acids is 1. The van der Waals surface area contributed by atoms with Crippen LogP contribution in [0.4, 0.5) is 5.69 Å². The SMILES string of the molecule is CCOc1ccc2ccccc2c1[C@@H]1N(C(=O)CC)c2ccccc2-c2c(=O)[nH]c(SCC)n[n+]21. The normalized spacial score (nSPS) is 14.5. The Morgan fingerprint density at radius 2 is 1.86 bits per heavy atom. The van der Waals surface area contributed by atoms with Gasteiger partial charge < -0.3 is 4.74 Å². The Bertz CT molecular complexity index is 1480. The van der Waals surface area contributed by atoms with Crippen LogP contribution in [-0.4, -0.2) is 28.3 Å². The fraction of sp³-hybridized carbons (Fsp3) is 0.259. The van der Waals surface area contributed by atoms with Crippen molar-refractivity contribution in [3.63, 3.8) is 0 Å². The Balaban J connectivity index is 1.93. The summed E-state index contributed by atoms with van der Waals surface area (Å²) in [5.41, 5.74) is 2.34. The summed E-state index contributed by atoms with van der Waals surface area (Å²) in [6.07, 6.45) is -0.395. The van der Waals surface area contributed by atoms with Crippen molar-refractivity contribution < 1.29 is 14.2 Å². The minimum Gasteiger partial charge on any atom is -0.493 e. The number of amides is 1. The number of aromatic nitrogens is 3. The first-order valence-corrected chi connectivity index (χ1v) is 12.8. The summed E-state index contributed by atoms with van der Waals surface area (Å²) >= 11 is 1.45. The number of hydrogen-bond donors (Lipinski definition) is 1. The van der Waals surface area contributed by atoms with Crippen LogP contribution in [0.3, 0.4) is 0 Å². The Morgan fingerprint density at radius 3 is 2.63 bits per heavy atom. The van der Waals surface area contributed by atoms with E-state index in [-0.39, 0.29) is 11.5 Å². The molecule has 1 aliphatic heterocycles. The molecule has 0 saturated carbocycles. The zero-order chi connectivity index (χ0) is 24.5. The van der Waals surface area contributed by atoms with E-state index in [1.165, 1.54) is 11.8 Å². The summed E-state index contributed by atoms with van der Waals surface area (Å²) < 4.78 is 7.81. The number of benzene rings is 3. The maximum absolute atomic E-state index is 13.6. The first kappa shape index (κ1) is 23.1. The molecular formula is C27H27N4O3S+. The van der Waals surface area contributed by atoms with Crippen molar-refractivity contribution in [2.24, 2.45) is 0 Å². The van der Waals surface area contributed by atoms with Gasteiger partial charge in [-0.3, -0.25) is 14.6 Å². The number of nitrogens with zero attached hydrogens (tertiary/aromatic N) is 3. The number of H-pyrrole nitrogens is 1. The summed E-state index contributed by atoms with van der Waals surface area (Å²) in [6.45, 7) is 6.25. The number of hydrogen-bond acceptors (Lipinski definition) is 5. The molecular weight excluding hydrogens is 460 g/mol. The predicted octanol–water partition coefficient (Wildman–Crippen LogP) is 4.69. The molecule has 8 heteroatoms. The third-order valence-corrected chi connectivity index (χ3v) is 6.84. The Hall–Kier alpha value is -3.65. The van der Waals surface area contributed by atoms with Crippen molar-refractivity contribution in [2.75, 3.05) is 17.3 Å². The van der Waals surface area contributed by atoms with Gasteiger partial charge in [0.15, 0.2) is 0 Å². The molecule has 4 aromatic rings. The number of carbonyl (C=O) groups is 1. The molecule has 0 fully saturated rings. The van der Waals surface area contributed by atoms with Gasteiger partial charge in [0.05, 0.1) is 23.4 Å². The van der Waals surface area contributed by atoms with Gasteiger partial charge in [-0.15, -0.1) is 0 Å². The van der Waals surface area contributed by atoms with Crippen molar-refractivity contribution in [3.8, 4) is 17.0 Å². The quantitative estimate of drug-likeness (QED) is 0.315. The van der Waals surface area contributed by atoms with E-state index in [9.17, 15) is 9.59 Å². The van der Waals surface area contributed by atoms with Crippen LogP contribution in [0.5, 0.6) is 5.75 Å². The van der Waals surface area contributed by atoms with Crippen LogP contribution in [0.15, 0.2) is 70.6 Å². The lowest BCUT2D eigenvalue weighted by atomic mass is 9.96. The van der Waals surface area contributed by atoms with Crippen molar-refractivity contribution in [1.29, 1.82) is 0 Å². The van der Waals surface area contributed by atoms with Gasteiger partial charge in [0.1, 0.15) is 5.75 Å². The fourth-order valence-corrected chi connectivity index (χ4v) is 5.28. The van der Waals surface area contributed by atoms with Crippen LogP contribution in [0, 0.1) is 0 Å². The molecule has 0 radical (unpaired) electrons. The second kappa shape index (κ2) is 9.54. The lowest BCUT2D eigenvalue weighted by Gasteiger charge is -2.33. The number of thioether (sulfide) groups is 1. The number of ether oxygens (including phenoxy) is 1. The molecule has 0 aliphatic carbocycles. The molecule has 0 bridgehead atoms. The summed E-state index contributed by atoms with van der Waals surface area (Å²) in [5.74, 6) is 1.34. The van der Waals surface area contributed by atoms with Crippen LogP contribution in [0.25, 0.3) is 22.0 Å². The molecule has 1 atom stereocenters. The zero-order valence-corrected chi connectivity index (χ0v) is 20.8. The van der Waals surface area contributed by atoms with Crippen molar-refractivity contribution in [2.45, 2.75) is 38.5 Å². The molecule has 178 valence electrons. The minimum atomic E-state index is -0.696. The van der Waals surface area contributed by atoms with E-state index in [1.807, 2.05) is 81.4 Å². The third kappa shape index (κ3) is 3.87. The molecule has 1 aromatic heterocycles. The van der Waals surface area contributed by atoms with Crippen LogP contribution >= 0.6 is 11.8 Å². The summed E-state index contributed by atoms with van der Waals surface area (Å²) in [7, 11) is 0. The Morgan fingerprint density at radius 1 is 1.09 bits per heavy atom. The number of anilines is 1. The van der Waals surface area contributed by atoms with Gasteiger partial charge in [0, 0.05) is 11.5 Å². The number of rotatable bonds is 6. The maximum atomic E-state index is 13.6. The number of aromatic amines is 1. The smallest absolute Gasteiger partial charge is 0.325 e. The number of fused-ring (bicyclic) bond motifs is 4. The van der Waals surface area contributed by atoms with Crippen molar-refractivity contribution in [1.82, 2.24) is 10.1 Å². The lowest BCUT2D eigenvalue weighted by molar-refractivity contribution is -0.763.